The maximum atomic E-state index is 13.6. The van der Waals surface area contributed by atoms with Crippen LogP contribution in [0.4, 0.5) is 36.3 Å². The maximum Gasteiger partial charge on any atom is 0.421 e. The van der Waals surface area contributed by atoms with E-state index < -0.39 is 35.4 Å². The fraction of sp³-hybridized carbons (Fsp3) is 0.308. The van der Waals surface area contributed by atoms with Crippen LogP contribution in [0.15, 0.2) is 60.8 Å². The lowest BCUT2D eigenvalue weighted by Gasteiger charge is -2.22. The average molecular weight is 515 g/mol. The molecule has 1 fully saturated rings. The van der Waals surface area contributed by atoms with Crippen LogP contribution >= 0.6 is 0 Å². The van der Waals surface area contributed by atoms with E-state index in [-0.39, 0.29) is 19.3 Å². The summed E-state index contributed by atoms with van der Waals surface area (Å²) in [6.45, 7) is 0. The first-order chi connectivity index (χ1) is 17.1. The number of carbonyl (C=O) groups excluding carboxylic acids is 2. The normalized spacial score (nSPS) is 17.0. The first-order valence-electron chi connectivity index (χ1n) is 11.3. The molecule has 2 amide bonds. The van der Waals surface area contributed by atoms with E-state index >= 15 is 0 Å². The summed E-state index contributed by atoms with van der Waals surface area (Å²) in [5, 5.41) is 5.63. The molecule has 0 spiro atoms. The molecule has 1 saturated carbocycles. The minimum absolute atomic E-state index is 0. The van der Waals surface area contributed by atoms with Crippen molar-refractivity contribution in [1.82, 2.24) is 9.97 Å². The maximum absolute atomic E-state index is 13.6. The van der Waals surface area contributed by atoms with Gasteiger partial charge in [0, 0.05) is 36.2 Å². The predicted octanol–water partition coefficient (Wildman–Crippen LogP) is 5.22. The number of amides is 2. The van der Waals surface area contributed by atoms with Crippen LogP contribution in [0, 0.1) is 5.92 Å². The number of para-hydroxylation sites is 1. The molecule has 4 rings (SSSR count). The number of hydrogen-bond donors (Lipinski definition) is 3. The van der Waals surface area contributed by atoms with Gasteiger partial charge in [0.25, 0.3) is 5.91 Å². The summed E-state index contributed by atoms with van der Waals surface area (Å²) in [5.41, 5.74) is 6.03. The number of alkyl halides is 3. The summed E-state index contributed by atoms with van der Waals surface area (Å²) in [7, 11) is 1.67. The highest BCUT2D eigenvalue weighted by Crippen LogP contribution is 2.36. The third-order valence-electron chi connectivity index (χ3n) is 6.13. The van der Waals surface area contributed by atoms with Crippen LogP contribution in [0.2, 0.25) is 0 Å². The van der Waals surface area contributed by atoms with E-state index in [2.05, 4.69) is 20.6 Å². The number of nitrogens with one attached hydrogen (secondary N) is 2. The number of anilines is 4. The highest BCUT2D eigenvalue weighted by Gasteiger charge is 2.38. The van der Waals surface area contributed by atoms with Crippen LogP contribution in [0.3, 0.4) is 0 Å². The van der Waals surface area contributed by atoms with Crippen LogP contribution in [0.5, 0.6) is 0 Å². The highest BCUT2D eigenvalue weighted by molar-refractivity contribution is 6.05. The van der Waals surface area contributed by atoms with Crippen molar-refractivity contribution in [1.29, 1.82) is 0 Å². The average Bonchev–Trinajstić information content (AvgIpc) is 3.32. The minimum atomic E-state index is -4.69. The molecule has 4 N–H and O–H groups in total. The van der Waals surface area contributed by atoms with Crippen LogP contribution in [0.25, 0.3) is 0 Å². The van der Waals surface area contributed by atoms with E-state index in [4.69, 9.17) is 5.73 Å². The van der Waals surface area contributed by atoms with Gasteiger partial charge in [-0.15, -0.1) is 0 Å². The number of aromatic nitrogens is 2. The van der Waals surface area contributed by atoms with Gasteiger partial charge < -0.3 is 21.3 Å². The van der Waals surface area contributed by atoms with Gasteiger partial charge in [-0.2, -0.15) is 18.2 Å². The molecule has 37 heavy (non-hydrogen) atoms. The van der Waals surface area contributed by atoms with E-state index in [9.17, 15) is 22.8 Å². The molecule has 3 aromatic rings. The second kappa shape index (κ2) is 11.3. The fourth-order valence-corrected chi connectivity index (χ4v) is 4.20. The molecule has 2 aromatic carbocycles. The van der Waals surface area contributed by atoms with Crippen LogP contribution in [0.1, 0.15) is 42.6 Å². The zero-order chi connectivity index (χ0) is 25.9. The largest absolute Gasteiger partial charge is 0.421 e. The molecule has 196 valence electrons. The molecule has 8 nitrogen and oxygen atoms in total. The van der Waals surface area contributed by atoms with E-state index in [1.165, 1.54) is 4.90 Å². The van der Waals surface area contributed by atoms with Gasteiger partial charge >= 0.3 is 6.18 Å². The van der Waals surface area contributed by atoms with Gasteiger partial charge in [-0.1, -0.05) is 32.0 Å². The lowest BCUT2D eigenvalue weighted by molar-refractivity contribution is -0.137. The highest BCUT2D eigenvalue weighted by atomic mass is 19.4. The van der Waals surface area contributed by atoms with Crippen molar-refractivity contribution >= 4 is 35.0 Å². The summed E-state index contributed by atoms with van der Waals surface area (Å²) in [5.74, 6) is -1.84. The Morgan fingerprint density at radius 1 is 1.05 bits per heavy atom. The van der Waals surface area contributed by atoms with Gasteiger partial charge in [-0.25, -0.2) is 4.98 Å². The Bertz CT molecular complexity index is 1240. The number of rotatable bonds is 7. The molecule has 11 heteroatoms. The van der Waals surface area contributed by atoms with Gasteiger partial charge in [0.1, 0.15) is 11.4 Å². The molecule has 0 unspecified atom stereocenters. The van der Waals surface area contributed by atoms with Gasteiger partial charge in [0.05, 0.1) is 5.92 Å². The Balaban J connectivity index is 0.00000380. The molecule has 0 saturated heterocycles. The molecular weight excluding hydrogens is 485 g/mol. The Hall–Kier alpha value is -4.15. The Labute approximate surface area is 213 Å². The number of nitrogens with zero attached hydrogens (tertiary/aromatic N) is 3. The second-order valence-corrected chi connectivity index (χ2v) is 8.55. The van der Waals surface area contributed by atoms with E-state index in [0.29, 0.717) is 36.7 Å². The summed E-state index contributed by atoms with van der Waals surface area (Å²) < 4.78 is 40.7. The van der Waals surface area contributed by atoms with Crippen LogP contribution in [-0.4, -0.2) is 34.9 Å². The van der Waals surface area contributed by atoms with Crippen molar-refractivity contribution in [2.75, 3.05) is 22.6 Å². The lowest BCUT2D eigenvalue weighted by Crippen LogP contribution is -2.35. The predicted molar refractivity (Wildman–Crippen MR) is 137 cm³/mol. The zero-order valence-corrected chi connectivity index (χ0v) is 19.4. The zero-order valence-electron chi connectivity index (χ0n) is 19.4. The summed E-state index contributed by atoms with van der Waals surface area (Å²) in [6, 6.07) is 15.0. The monoisotopic (exact) mass is 514 g/mol. The first kappa shape index (κ1) is 27.4. The van der Waals surface area contributed by atoms with Crippen molar-refractivity contribution in [3.63, 3.8) is 0 Å². The summed E-state index contributed by atoms with van der Waals surface area (Å²) >= 11 is 0. The number of carbonyl (C=O) groups is 2. The summed E-state index contributed by atoms with van der Waals surface area (Å²) in [6.07, 6.45) is -2.31. The van der Waals surface area contributed by atoms with Crippen molar-refractivity contribution < 1.29 is 22.8 Å². The smallest absolute Gasteiger partial charge is 0.369 e. The quantitative estimate of drug-likeness (QED) is 0.399. The van der Waals surface area contributed by atoms with Gasteiger partial charge in [-0.3, -0.25) is 9.59 Å². The van der Waals surface area contributed by atoms with Crippen molar-refractivity contribution in [2.24, 2.45) is 11.7 Å². The van der Waals surface area contributed by atoms with Crippen LogP contribution in [-0.2, 0) is 11.0 Å². The summed E-state index contributed by atoms with van der Waals surface area (Å²) in [4.78, 5) is 33.8. The van der Waals surface area contributed by atoms with Crippen molar-refractivity contribution in [2.45, 2.75) is 38.9 Å². The lowest BCUT2D eigenvalue weighted by atomic mass is 10.0. The number of hydrogen-bond acceptors (Lipinski definition) is 6. The van der Waals surface area contributed by atoms with E-state index in [1.54, 1.807) is 31.3 Å². The molecule has 1 aliphatic carbocycles. The number of primary amides is 1. The van der Waals surface area contributed by atoms with E-state index in [0.717, 1.165) is 5.69 Å². The molecular formula is C26H29F3N6O2. The first-order valence-corrected chi connectivity index (χ1v) is 11.3. The number of nitrogens with two attached hydrogens (primary N) is 1. The van der Waals surface area contributed by atoms with E-state index in [1.807, 2.05) is 30.3 Å². The third kappa shape index (κ3) is 6.35. The molecule has 1 aliphatic rings. The van der Waals surface area contributed by atoms with Gasteiger partial charge in [0.15, 0.2) is 0 Å². The Kier molecular flexibility index (Phi) is 8.36. The van der Waals surface area contributed by atoms with Crippen molar-refractivity contribution in [3.8, 4) is 0 Å². The Morgan fingerprint density at radius 3 is 2.35 bits per heavy atom. The van der Waals surface area contributed by atoms with Crippen molar-refractivity contribution in [3.05, 3.63) is 71.9 Å². The number of halogens is 3. The topological polar surface area (TPSA) is 113 Å². The molecule has 1 aromatic heterocycles. The number of benzene rings is 2. The molecule has 1 heterocycles. The third-order valence-corrected chi connectivity index (χ3v) is 6.13. The molecule has 2 atom stereocenters. The molecule has 0 bridgehead atoms. The standard InChI is InChI=1S/C25H25F3N6O2.CH4/c1-34(17-6-3-2-4-7-17)23(36)15-10-12-16(13-11-15)31-24-30-14-19(25(26,27)28)22(33-24)32-20-9-5-8-18(20)21(29)35;/h2-4,6-7,10-14,18,20H,5,8-9H2,1H3,(H2,29,35)(H2,30,31,32,33);1H4/t18-,20+;/m0./s1. The molecule has 0 aliphatic heterocycles. The Morgan fingerprint density at radius 2 is 1.73 bits per heavy atom. The molecule has 0 radical (unpaired) electrons. The fourth-order valence-electron chi connectivity index (χ4n) is 4.20. The van der Waals surface area contributed by atoms with Gasteiger partial charge in [-0.05, 0) is 49.2 Å². The minimum Gasteiger partial charge on any atom is -0.369 e. The van der Waals surface area contributed by atoms with Gasteiger partial charge in [0.2, 0.25) is 11.9 Å². The second-order valence-electron chi connectivity index (χ2n) is 8.55. The SMILES string of the molecule is C.CN(C(=O)c1ccc(Nc2ncc(C(F)(F)F)c(N[C@@H]3CCC[C@@H]3C(N)=O)n2)cc1)c1ccccc1. The van der Waals surface area contributed by atoms with Crippen LogP contribution < -0.4 is 21.3 Å².